The van der Waals surface area contributed by atoms with E-state index in [4.69, 9.17) is 30.4 Å². The topological polar surface area (TPSA) is 98.6 Å². The van der Waals surface area contributed by atoms with Crippen molar-refractivity contribution in [1.82, 2.24) is 29.5 Å². The normalized spacial score (nSPS) is 11.8. The van der Waals surface area contributed by atoms with Crippen molar-refractivity contribution in [2.75, 3.05) is 0 Å². The molecule has 0 saturated heterocycles. The third-order valence-corrected chi connectivity index (χ3v) is 19.3. The molecule has 0 radical (unpaired) electrons. The Morgan fingerprint density at radius 3 is 1.48 bits per heavy atom. The van der Waals surface area contributed by atoms with E-state index >= 15 is 0 Å². The van der Waals surface area contributed by atoms with Crippen LogP contribution in [0.2, 0.25) is 5.15 Å². The van der Waals surface area contributed by atoms with Crippen molar-refractivity contribution < 1.29 is 8.83 Å². The fourth-order valence-electron chi connectivity index (χ4n) is 12.8. The molecule has 0 atom stereocenters. The van der Waals surface area contributed by atoms with Gasteiger partial charge in [0.1, 0.15) is 22.2 Å². The number of halogens is 1. The molecule has 88 heavy (non-hydrogen) atoms. The largest absolute Gasteiger partial charge is 0.451 e. The third-order valence-electron chi connectivity index (χ3n) is 16.8. The molecule has 0 amide bonds. The van der Waals surface area contributed by atoms with Gasteiger partial charge in [-0.2, -0.15) is 0 Å². The minimum atomic E-state index is 0. The van der Waals surface area contributed by atoms with Crippen molar-refractivity contribution in [2.24, 2.45) is 0 Å². The molecule has 11 heteroatoms. The Bertz CT molecular complexity index is 6180. The molecule has 0 saturated carbocycles. The summed E-state index contributed by atoms with van der Waals surface area (Å²) in [6.45, 7) is 0. The summed E-state index contributed by atoms with van der Waals surface area (Å²) in [5.74, 6) is 2.02. The van der Waals surface area contributed by atoms with Crippen LogP contribution in [0.25, 0.3) is 178 Å². The van der Waals surface area contributed by atoms with E-state index in [9.17, 15) is 0 Å². The molecule has 1 N–H and O–H groups in total. The minimum Gasteiger partial charge on any atom is -0.451 e. The first-order valence-corrected chi connectivity index (χ1v) is 30.7. The Morgan fingerprint density at radius 2 is 0.841 bits per heavy atom. The SMILES string of the molecule is C.Clc1nc(-c2ccccc2)nc2c1oc1ccccc12.c1ccc(-c2nc(-n3c4ccccc4c4c5cc6c(cc5ccc43)sc3ccccc36)c3oc4ccccc4c3n2)cc1.c1ccc2c(c1)[nH]c1ccc3cc4sc5ccccc5c4cc3c12. The van der Waals surface area contributed by atoms with Crippen LogP contribution in [0.4, 0.5) is 0 Å². The summed E-state index contributed by atoms with van der Waals surface area (Å²) in [5.41, 5.74) is 10.8. The molecule has 0 bridgehead atoms. The summed E-state index contributed by atoms with van der Waals surface area (Å²) in [5, 5.41) is 17.7. The van der Waals surface area contributed by atoms with Gasteiger partial charge in [-0.25, -0.2) is 19.9 Å². The zero-order chi connectivity index (χ0) is 57.3. The van der Waals surface area contributed by atoms with Gasteiger partial charge in [-0.15, -0.1) is 22.7 Å². The van der Waals surface area contributed by atoms with Crippen molar-refractivity contribution in [3.8, 4) is 28.6 Å². The van der Waals surface area contributed by atoms with Gasteiger partial charge in [0.05, 0.1) is 11.0 Å². The summed E-state index contributed by atoms with van der Waals surface area (Å²) in [4.78, 5) is 22.8. The molecule has 8 heterocycles. The van der Waals surface area contributed by atoms with E-state index in [0.717, 1.165) is 61.0 Å². The molecule has 0 fully saturated rings. The van der Waals surface area contributed by atoms with Crippen LogP contribution in [0.5, 0.6) is 0 Å². The highest BCUT2D eigenvalue weighted by atomic mass is 35.5. The van der Waals surface area contributed by atoms with Crippen LogP contribution < -0.4 is 0 Å². The number of nitrogens with zero attached hydrogens (tertiary/aromatic N) is 5. The highest BCUT2D eigenvalue weighted by Crippen LogP contribution is 2.45. The monoisotopic (exact) mass is 1190 g/mol. The molecular formula is C77H47ClN6O2S2. The van der Waals surface area contributed by atoms with E-state index in [0.29, 0.717) is 28.0 Å². The number of hydrogen-bond donors (Lipinski definition) is 1. The van der Waals surface area contributed by atoms with Gasteiger partial charge in [0.25, 0.3) is 0 Å². The lowest BCUT2D eigenvalue weighted by atomic mass is 10.0. The fourth-order valence-corrected chi connectivity index (χ4v) is 15.3. The predicted molar refractivity (Wildman–Crippen MR) is 372 cm³/mol. The van der Waals surface area contributed by atoms with E-state index in [1.54, 1.807) is 0 Å². The second kappa shape index (κ2) is 20.5. The average Bonchev–Trinajstić information content (AvgIpc) is 1.74. The van der Waals surface area contributed by atoms with Gasteiger partial charge in [-0.3, -0.25) is 4.57 Å². The maximum absolute atomic E-state index is 6.53. The number of rotatable bonds is 3. The quantitative estimate of drug-likeness (QED) is 0.177. The number of H-pyrrole nitrogens is 1. The number of benzene rings is 12. The van der Waals surface area contributed by atoms with Gasteiger partial charge < -0.3 is 13.8 Å². The van der Waals surface area contributed by atoms with E-state index < -0.39 is 0 Å². The molecule has 20 aromatic rings. The van der Waals surface area contributed by atoms with Crippen LogP contribution in [0.15, 0.2) is 264 Å². The Balaban J connectivity index is 0.000000112. The van der Waals surface area contributed by atoms with Crippen LogP contribution >= 0.6 is 34.3 Å². The van der Waals surface area contributed by atoms with Gasteiger partial charge in [-0.1, -0.05) is 189 Å². The summed E-state index contributed by atoms with van der Waals surface area (Å²) >= 11 is 9.97. The predicted octanol–water partition coefficient (Wildman–Crippen LogP) is 22.8. The molecular weight excluding hydrogens is 1140 g/mol. The van der Waals surface area contributed by atoms with Crippen molar-refractivity contribution in [3.63, 3.8) is 0 Å². The van der Waals surface area contributed by atoms with Gasteiger partial charge in [0, 0.05) is 94.8 Å². The molecule has 0 aliphatic carbocycles. The maximum atomic E-state index is 6.53. The lowest BCUT2D eigenvalue weighted by Gasteiger charge is -2.10. The molecule has 0 spiro atoms. The second-order valence-electron chi connectivity index (χ2n) is 21.8. The van der Waals surface area contributed by atoms with Crippen LogP contribution in [0, 0.1) is 0 Å². The maximum Gasteiger partial charge on any atom is 0.197 e. The summed E-state index contributed by atoms with van der Waals surface area (Å²) in [6, 6.07) is 88.7. The summed E-state index contributed by atoms with van der Waals surface area (Å²) in [7, 11) is 0. The first kappa shape index (κ1) is 51.7. The van der Waals surface area contributed by atoms with Crippen molar-refractivity contribution in [2.45, 2.75) is 7.43 Å². The number of hydrogen-bond acceptors (Lipinski definition) is 8. The van der Waals surface area contributed by atoms with E-state index in [1.165, 1.54) is 94.5 Å². The lowest BCUT2D eigenvalue weighted by molar-refractivity contribution is 0.662. The number of aromatic amines is 1. The number of furan rings is 2. The van der Waals surface area contributed by atoms with Gasteiger partial charge in [-0.05, 0) is 106 Å². The first-order chi connectivity index (χ1) is 43.0. The molecule has 8 nitrogen and oxygen atoms in total. The van der Waals surface area contributed by atoms with Crippen LogP contribution in [0.3, 0.4) is 0 Å². The van der Waals surface area contributed by atoms with Crippen LogP contribution in [-0.4, -0.2) is 29.5 Å². The summed E-state index contributed by atoms with van der Waals surface area (Å²) < 4.78 is 19.9. The van der Waals surface area contributed by atoms with Gasteiger partial charge >= 0.3 is 0 Å². The Kier molecular flexibility index (Phi) is 12.0. The van der Waals surface area contributed by atoms with Crippen LogP contribution in [-0.2, 0) is 0 Å². The average molecular weight is 1190 g/mol. The zero-order valence-corrected chi connectivity index (χ0v) is 48.4. The number of para-hydroxylation sites is 4. The molecule has 12 aromatic carbocycles. The Labute approximate surface area is 514 Å². The van der Waals surface area contributed by atoms with E-state index in [-0.39, 0.29) is 7.43 Å². The van der Waals surface area contributed by atoms with E-state index in [1.807, 2.05) is 114 Å². The molecule has 0 aliphatic heterocycles. The highest BCUT2D eigenvalue weighted by molar-refractivity contribution is 7.26. The van der Waals surface area contributed by atoms with Gasteiger partial charge in [0.15, 0.2) is 33.8 Å². The van der Waals surface area contributed by atoms with Gasteiger partial charge in [0.2, 0.25) is 0 Å². The lowest BCUT2D eigenvalue weighted by Crippen LogP contribution is -2.01. The zero-order valence-electron chi connectivity index (χ0n) is 46.0. The smallest absolute Gasteiger partial charge is 0.197 e. The molecule has 0 unspecified atom stereocenters. The fraction of sp³-hybridized carbons (Fsp3) is 0.0130. The molecule has 20 rings (SSSR count). The van der Waals surface area contributed by atoms with Crippen molar-refractivity contribution >= 4 is 184 Å². The second-order valence-corrected chi connectivity index (χ2v) is 24.3. The first-order valence-electron chi connectivity index (χ1n) is 28.7. The molecule has 8 aromatic heterocycles. The number of thiophene rings is 2. The molecule has 416 valence electrons. The van der Waals surface area contributed by atoms with Crippen molar-refractivity contribution in [3.05, 3.63) is 260 Å². The number of nitrogens with one attached hydrogen (secondary N) is 1. The third kappa shape index (κ3) is 8.18. The molecule has 0 aliphatic rings. The highest BCUT2D eigenvalue weighted by Gasteiger charge is 2.24. The minimum absolute atomic E-state index is 0. The standard InChI is InChI=1S/C38H21N3OS.C22H13NS.C16H9ClN2O.CH4/c1-2-10-22(11-3-1)37-39-35-26-14-5-8-16-31(26)42-36(35)38(40-37)41-29-15-7-4-13-25(29)34-27-21-28-24-12-6-9-17-32(24)43-33(28)20-23(27)18-19-30(34)41;1-3-7-18-15(6-1)22-16-12-17-14-5-2-4-8-20(14)24-21(17)11-13(16)9-10-19(22)23-18;17-15-14-13(11-8-4-5-9-12(11)20-14)18-16(19-15)10-6-2-1-3-7-10;/h1-21H;1-12,23H;1-9H;1H4. The van der Waals surface area contributed by atoms with Crippen molar-refractivity contribution in [1.29, 1.82) is 0 Å². The number of fused-ring (bicyclic) bond motifs is 22. The van der Waals surface area contributed by atoms with E-state index in [2.05, 4.69) is 183 Å². The Morgan fingerprint density at radius 1 is 0.352 bits per heavy atom. The number of aromatic nitrogens is 6. The Hall–Kier alpha value is -10.8. The van der Waals surface area contributed by atoms with Crippen LogP contribution in [0.1, 0.15) is 7.43 Å². The summed E-state index contributed by atoms with van der Waals surface area (Å²) in [6.07, 6.45) is 0.